The van der Waals surface area contributed by atoms with Crippen LogP contribution in [-0.2, 0) is 0 Å². The molecular formula is C28H55N2O+. The van der Waals surface area contributed by atoms with Crippen molar-refractivity contribution >= 4 is 0 Å². The summed E-state index contributed by atoms with van der Waals surface area (Å²) in [6.07, 6.45) is 33.8. The van der Waals surface area contributed by atoms with E-state index in [1.807, 2.05) is 13.1 Å². The third-order valence-corrected chi connectivity index (χ3v) is 7.17. The van der Waals surface area contributed by atoms with Gasteiger partial charge in [-0.3, -0.25) is 0 Å². The summed E-state index contributed by atoms with van der Waals surface area (Å²) in [6, 6.07) is 0. The van der Waals surface area contributed by atoms with Crippen molar-refractivity contribution in [3.05, 3.63) is 24.6 Å². The lowest BCUT2D eigenvalue weighted by molar-refractivity contribution is -0.935. The quantitative estimate of drug-likeness (QED) is 0.108. The molecule has 2 N–H and O–H groups in total. The van der Waals surface area contributed by atoms with Gasteiger partial charge in [-0.1, -0.05) is 116 Å². The van der Waals surface area contributed by atoms with Gasteiger partial charge in [0.2, 0.25) is 0 Å². The van der Waals surface area contributed by atoms with Crippen LogP contribution in [0.15, 0.2) is 24.6 Å². The van der Waals surface area contributed by atoms with Gasteiger partial charge < -0.3 is 10.4 Å². The monoisotopic (exact) mass is 435 g/mol. The Morgan fingerprint density at radius 2 is 1.23 bits per heavy atom. The molecule has 182 valence electrons. The molecule has 0 saturated heterocycles. The molecule has 0 spiro atoms. The van der Waals surface area contributed by atoms with E-state index in [1.165, 1.54) is 109 Å². The normalized spacial score (nSPS) is 21.7. The zero-order chi connectivity index (χ0) is 22.6. The van der Waals surface area contributed by atoms with Gasteiger partial charge in [-0.2, -0.15) is 0 Å². The number of hydrogen-bond acceptors (Lipinski definition) is 2. The van der Waals surface area contributed by atoms with Crippen LogP contribution in [-0.4, -0.2) is 28.5 Å². The molecule has 0 bridgehead atoms. The maximum Gasteiger partial charge on any atom is 0.193 e. The van der Waals surface area contributed by atoms with Gasteiger partial charge in [0.25, 0.3) is 0 Å². The Hall–Kier alpha value is -0.800. The van der Waals surface area contributed by atoms with E-state index in [9.17, 15) is 5.11 Å². The predicted octanol–water partition coefficient (Wildman–Crippen LogP) is 8.16. The highest BCUT2D eigenvalue weighted by atomic mass is 16.3. The largest absolute Gasteiger partial charge is 0.345 e. The predicted molar refractivity (Wildman–Crippen MR) is 136 cm³/mol. The number of aliphatic hydroxyl groups is 1. The first-order valence-electron chi connectivity index (χ1n) is 13.8. The van der Waals surface area contributed by atoms with Crippen molar-refractivity contribution in [3.8, 4) is 0 Å². The molecule has 31 heavy (non-hydrogen) atoms. The SMILES string of the molecule is CCCCCCCCCCCCCCCCCCC/C=C/C1NC=C[N+]1(CC)C(C)O. The smallest absolute Gasteiger partial charge is 0.193 e. The van der Waals surface area contributed by atoms with Crippen LogP contribution in [0.4, 0.5) is 0 Å². The fourth-order valence-electron chi connectivity index (χ4n) is 4.86. The number of likely N-dealkylation sites (N-methyl/N-ethyl adjacent to an activating group) is 1. The number of unbranched alkanes of at least 4 members (excludes halogenated alkanes) is 17. The van der Waals surface area contributed by atoms with Crippen molar-refractivity contribution in [2.24, 2.45) is 0 Å². The van der Waals surface area contributed by atoms with E-state index in [0.29, 0.717) is 4.48 Å². The molecule has 0 radical (unpaired) electrons. The molecule has 0 amide bonds. The molecule has 1 aliphatic heterocycles. The van der Waals surface area contributed by atoms with Crippen LogP contribution in [0.5, 0.6) is 0 Å². The first-order chi connectivity index (χ1) is 15.2. The fourth-order valence-corrected chi connectivity index (χ4v) is 4.86. The Morgan fingerprint density at radius 3 is 1.65 bits per heavy atom. The van der Waals surface area contributed by atoms with Crippen LogP contribution >= 0.6 is 0 Å². The number of nitrogens with zero attached hydrogens (tertiary/aromatic N) is 1. The van der Waals surface area contributed by atoms with E-state index in [4.69, 9.17) is 0 Å². The van der Waals surface area contributed by atoms with Crippen LogP contribution in [0.25, 0.3) is 0 Å². The number of allylic oxidation sites excluding steroid dienone is 1. The van der Waals surface area contributed by atoms with E-state index >= 15 is 0 Å². The number of rotatable bonds is 21. The number of hydrogen-bond donors (Lipinski definition) is 2. The Bertz CT molecular complexity index is 460. The fraction of sp³-hybridized carbons (Fsp3) is 0.857. The molecule has 0 aromatic heterocycles. The maximum absolute atomic E-state index is 10.2. The summed E-state index contributed by atoms with van der Waals surface area (Å²) in [4.78, 5) is 0. The van der Waals surface area contributed by atoms with Gasteiger partial charge in [0.1, 0.15) is 6.20 Å². The van der Waals surface area contributed by atoms with Gasteiger partial charge in [-0.25, -0.2) is 4.48 Å². The van der Waals surface area contributed by atoms with Crippen molar-refractivity contribution in [2.45, 2.75) is 149 Å². The second-order valence-electron chi connectivity index (χ2n) is 9.74. The summed E-state index contributed by atoms with van der Waals surface area (Å²) in [5.74, 6) is 0. The molecule has 3 heteroatoms. The minimum Gasteiger partial charge on any atom is -0.345 e. The summed E-state index contributed by atoms with van der Waals surface area (Å²) >= 11 is 0. The topological polar surface area (TPSA) is 32.3 Å². The minimum absolute atomic E-state index is 0.177. The molecule has 0 saturated carbocycles. The van der Waals surface area contributed by atoms with Gasteiger partial charge >= 0.3 is 0 Å². The lowest BCUT2D eigenvalue weighted by Crippen LogP contribution is -2.56. The molecule has 3 unspecified atom stereocenters. The Kier molecular flexibility index (Phi) is 17.1. The zero-order valence-corrected chi connectivity index (χ0v) is 21.3. The van der Waals surface area contributed by atoms with Crippen molar-refractivity contribution in [1.29, 1.82) is 0 Å². The van der Waals surface area contributed by atoms with Crippen LogP contribution in [0.1, 0.15) is 136 Å². The molecule has 0 aliphatic carbocycles. The van der Waals surface area contributed by atoms with Crippen LogP contribution in [0.2, 0.25) is 0 Å². The summed E-state index contributed by atoms with van der Waals surface area (Å²) < 4.78 is 0.593. The van der Waals surface area contributed by atoms with Gasteiger partial charge in [0.05, 0.1) is 12.7 Å². The third-order valence-electron chi connectivity index (χ3n) is 7.17. The van der Waals surface area contributed by atoms with E-state index in [0.717, 1.165) is 13.0 Å². The van der Waals surface area contributed by atoms with Crippen molar-refractivity contribution in [3.63, 3.8) is 0 Å². The van der Waals surface area contributed by atoms with E-state index < -0.39 is 0 Å². The minimum atomic E-state index is -0.383. The van der Waals surface area contributed by atoms with Crippen molar-refractivity contribution < 1.29 is 9.59 Å². The number of nitrogens with one attached hydrogen (secondary N) is 1. The highest BCUT2D eigenvalue weighted by Gasteiger charge is 2.39. The Morgan fingerprint density at radius 1 is 0.774 bits per heavy atom. The first-order valence-corrected chi connectivity index (χ1v) is 13.8. The summed E-state index contributed by atoms with van der Waals surface area (Å²) in [5.41, 5.74) is 0. The number of aliphatic hydroxyl groups excluding tert-OH is 1. The summed E-state index contributed by atoms with van der Waals surface area (Å²) in [5, 5.41) is 13.6. The molecule has 0 aromatic carbocycles. The third kappa shape index (κ3) is 12.1. The van der Waals surface area contributed by atoms with Crippen LogP contribution in [0, 0.1) is 0 Å². The van der Waals surface area contributed by atoms with Gasteiger partial charge in [-0.15, -0.1) is 0 Å². The highest BCUT2D eigenvalue weighted by Crippen LogP contribution is 2.23. The second kappa shape index (κ2) is 18.7. The first kappa shape index (κ1) is 28.2. The molecule has 3 atom stereocenters. The Balaban J connectivity index is 1.85. The van der Waals surface area contributed by atoms with Gasteiger partial charge in [0.15, 0.2) is 12.4 Å². The van der Waals surface area contributed by atoms with Gasteiger partial charge in [0, 0.05) is 6.92 Å². The average molecular weight is 436 g/mol. The summed E-state index contributed by atoms with van der Waals surface area (Å²) in [6.45, 7) is 7.22. The van der Waals surface area contributed by atoms with Crippen LogP contribution in [0.3, 0.4) is 0 Å². The average Bonchev–Trinajstić information content (AvgIpc) is 3.19. The van der Waals surface area contributed by atoms with Crippen molar-refractivity contribution in [1.82, 2.24) is 5.32 Å². The standard InChI is InChI=1S/C28H55N2O/c1-4-6-7-8-9-10-11-12-13-14-15-16-17-18-19-20-21-22-23-24-28-29-25-26-30(28,5-2)27(3)31/h23-29,31H,4-22H2,1-3H3/q+1/b24-23+. The second-order valence-corrected chi connectivity index (χ2v) is 9.74. The molecular weight excluding hydrogens is 380 g/mol. The van der Waals surface area contributed by atoms with E-state index in [-0.39, 0.29) is 12.4 Å². The molecule has 1 heterocycles. The van der Waals surface area contributed by atoms with E-state index in [2.05, 4.69) is 37.5 Å². The Labute approximate surface area is 195 Å². The molecule has 0 aromatic rings. The van der Waals surface area contributed by atoms with Gasteiger partial charge in [-0.05, 0) is 25.8 Å². The molecule has 0 fully saturated rings. The van der Waals surface area contributed by atoms with Crippen molar-refractivity contribution in [2.75, 3.05) is 6.54 Å². The van der Waals surface area contributed by atoms with Crippen LogP contribution < -0.4 is 5.32 Å². The molecule has 1 aliphatic rings. The lowest BCUT2D eigenvalue weighted by atomic mass is 10.0. The number of quaternary nitrogens is 1. The lowest BCUT2D eigenvalue weighted by Gasteiger charge is -2.37. The summed E-state index contributed by atoms with van der Waals surface area (Å²) in [7, 11) is 0. The van der Waals surface area contributed by atoms with E-state index in [1.54, 1.807) is 0 Å². The molecule has 1 rings (SSSR count). The molecule has 3 nitrogen and oxygen atoms in total. The highest BCUT2D eigenvalue weighted by molar-refractivity contribution is 4.97. The zero-order valence-electron chi connectivity index (χ0n) is 21.3. The maximum atomic E-state index is 10.2.